The maximum Gasteiger partial charge on any atom is 0.410 e. The summed E-state index contributed by atoms with van der Waals surface area (Å²) in [5, 5.41) is 3.72. The number of nitrogens with two attached hydrogens (primary N) is 1. The lowest BCUT2D eigenvalue weighted by molar-refractivity contribution is -0.130. The van der Waals surface area contributed by atoms with Gasteiger partial charge in [0.15, 0.2) is 0 Å². The van der Waals surface area contributed by atoms with E-state index >= 15 is 0 Å². The number of aromatic nitrogens is 1. The second-order valence-corrected chi connectivity index (χ2v) is 7.92. The average Bonchev–Trinajstić information content (AvgIpc) is 3.45. The molecule has 1 saturated heterocycles. The zero-order valence-corrected chi connectivity index (χ0v) is 17.6. The number of fused-ring (bicyclic) bond motifs is 1. The van der Waals surface area contributed by atoms with Gasteiger partial charge in [-0.25, -0.2) is 4.79 Å². The Kier molecular flexibility index (Phi) is 6.39. The van der Waals surface area contributed by atoms with E-state index in [4.69, 9.17) is 10.5 Å². The molecule has 1 aromatic heterocycles. The molecule has 2 aromatic carbocycles. The van der Waals surface area contributed by atoms with Crippen LogP contribution in [0.5, 0.6) is 0 Å². The van der Waals surface area contributed by atoms with E-state index in [1.807, 2.05) is 60.8 Å². The van der Waals surface area contributed by atoms with E-state index in [1.165, 1.54) is 4.90 Å². The molecule has 2 heterocycles. The maximum absolute atomic E-state index is 13.0. The van der Waals surface area contributed by atoms with Crippen LogP contribution in [0.2, 0.25) is 0 Å². The largest absolute Gasteiger partial charge is 0.445 e. The van der Waals surface area contributed by atoms with E-state index in [0.29, 0.717) is 19.4 Å². The fraction of sp³-hybridized carbons (Fsp3) is 0.292. The Morgan fingerprint density at radius 1 is 1.12 bits per heavy atom. The van der Waals surface area contributed by atoms with Crippen LogP contribution in [-0.2, 0) is 27.4 Å². The molecule has 0 saturated carbocycles. The van der Waals surface area contributed by atoms with E-state index in [9.17, 15) is 14.4 Å². The third-order valence-corrected chi connectivity index (χ3v) is 5.75. The molecular weight excluding hydrogens is 408 g/mol. The van der Waals surface area contributed by atoms with Crippen molar-refractivity contribution < 1.29 is 19.1 Å². The molecule has 0 spiro atoms. The summed E-state index contributed by atoms with van der Waals surface area (Å²) < 4.78 is 5.39. The number of aromatic amines is 1. The summed E-state index contributed by atoms with van der Waals surface area (Å²) in [5.74, 6) is -1.03. The standard InChI is InChI=1S/C24H26N4O4/c25-22(29)20(13-17-14-26-19-10-5-4-9-18(17)19)27-23(30)21-11-6-12-28(21)24(31)32-15-16-7-2-1-3-8-16/h1-5,7-10,14,20-21,26H,6,11-13,15H2,(H2,25,29)(H,27,30)/t20-,21-/m1/s1. The normalized spacial score (nSPS) is 16.6. The Balaban J connectivity index is 1.40. The second kappa shape index (κ2) is 9.55. The van der Waals surface area contributed by atoms with Gasteiger partial charge >= 0.3 is 6.09 Å². The minimum absolute atomic E-state index is 0.134. The zero-order valence-electron chi connectivity index (χ0n) is 17.6. The van der Waals surface area contributed by atoms with Crippen molar-refractivity contribution in [3.8, 4) is 0 Å². The van der Waals surface area contributed by atoms with Gasteiger partial charge in [0.1, 0.15) is 18.7 Å². The number of H-pyrrole nitrogens is 1. The Labute approximate surface area is 185 Å². The molecule has 2 atom stereocenters. The molecule has 3 amide bonds. The van der Waals surface area contributed by atoms with Gasteiger partial charge in [0, 0.05) is 30.1 Å². The Morgan fingerprint density at radius 2 is 1.88 bits per heavy atom. The van der Waals surface area contributed by atoms with Gasteiger partial charge < -0.3 is 20.8 Å². The Morgan fingerprint density at radius 3 is 2.66 bits per heavy atom. The first-order chi connectivity index (χ1) is 15.5. The molecule has 1 aliphatic heterocycles. The summed E-state index contributed by atoms with van der Waals surface area (Å²) >= 11 is 0. The number of primary amides is 1. The van der Waals surface area contributed by atoms with Crippen molar-refractivity contribution in [1.29, 1.82) is 0 Å². The monoisotopic (exact) mass is 434 g/mol. The first-order valence-corrected chi connectivity index (χ1v) is 10.6. The average molecular weight is 434 g/mol. The van der Waals surface area contributed by atoms with Crippen LogP contribution in [0, 0.1) is 0 Å². The highest BCUT2D eigenvalue weighted by Crippen LogP contribution is 2.21. The summed E-state index contributed by atoms with van der Waals surface area (Å²) in [5.41, 5.74) is 8.28. The molecular formula is C24H26N4O4. The predicted octanol–water partition coefficient (Wildman–Crippen LogP) is 2.48. The highest BCUT2D eigenvalue weighted by atomic mass is 16.6. The lowest BCUT2D eigenvalue weighted by Gasteiger charge is -2.25. The molecule has 0 aliphatic carbocycles. The SMILES string of the molecule is NC(=O)[C@@H](Cc1c[nH]c2ccccc12)NC(=O)[C@H]1CCCN1C(=O)OCc1ccccc1. The van der Waals surface area contributed by atoms with Crippen molar-refractivity contribution in [2.75, 3.05) is 6.54 Å². The third kappa shape index (κ3) is 4.74. The fourth-order valence-electron chi connectivity index (χ4n) is 4.07. The summed E-state index contributed by atoms with van der Waals surface area (Å²) in [6.07, 6.45) is 2.72. The van der Waals surface area contributed by atoms with Gasteiger partial charge in [-0.15, -0.1) is 0 Å². The molecule has 8 heteroatoms. The molecule has 0 radical (unpaired) electrons. The van der Waals surface area contributed by atoms with Gasteiger partial charge in [-0.3, -0.25) is 14.5 Å². The van der Waals surface area contributed by atoms with Gasteiger partial charge in [-0.1, -0.05) is 48.5 Å². The second-order valence-electron chi connectivity index (χ2n) is 7.92. The van der Waals surface area contributed by atoms with Crippen LogP contribution in [0.3, 0.4) is 0 Å². The van der Waals surface area contributed by atoms with E-state index in [0.717, 1.165) is 22.0 Å². The highest BCUT2D eigenvalue weighted by Gasteiger charge is 2.36. The highest BCUT2D eigenvalue weighted by molar-refractivity contribution is 5.92. The number of carbonyl (C=O) groups excluding carboxylic acids is 3. The van der Waals surface area contributed by atoms with Crippen LogP contribution in [-0.4, -0.2) is 46.4 Å². The van der Waals surface area contributed by atoms with E-state index in [2.05, 4.69) is 10.3 Å². The molecule has 3 aromatic rings. The van der Waals surface area contributed by atoms with Gasteiger partial charge in [0.05, 0.1) is 0 Å². The minimum atomic E-state index is -0.885. The number of hydrogen-bond donors (Lipinski definition) is 3. The van der Waals surface area contributed by atoms with Crippen molar-refractivity contribution in [1.82, 2.24) is 15.2 Å². The van der Waals surface area contributed by atoms with Gasteiger partial charge in [0.2, 0.25) is 11.8 Å². The van der Waals surface area contributed by atoms with E-state index < -0.39 is 30.0 Å². The van der Waals surface area contributed by atoms with Crippen LogP contribution in [0.4, 0.5) is 4.79 Å². The predicted molar refractivity (Wildman–Crippen MR) is 119 cm³/mol. The maximum atomic E-state index is 13.0. The summed E-state index contributed by atoms with van der Waals surface area (Å²) in [6, 6.07) is 15.5. The van der Waals surface area contributed by atoms with E-state index in [-0.39, 0.29) is 13.0 Å². The zero-order chi connectivity index (χ0) is 22.5. The van der Waals surface area contributed by atoms with Crippen LogP contribution < -0.4 is 11.1 Å². The third-order valence-electron chi connectivity index (χ3n) is 5.75. The van der Waals surface area contributed by atoms with Crippen molar-refractivity contribution in [3.05, 3.63) is 71.9 Å². The summed E-state index contributed by atoms with van der Waals surface area (Å²) in [4.78, 5) is 42.2. The first kappa shape index (κ1) is 21.4. The molecule has 32 heavy (non-hydrogen) atoms. The minimum Gasteiger partial charge on any atom is -0.445 e. The van der Waals surface area contributed by atoms with Crippen molar-refractivity contribution >= 4 is 28.8 Å². The molecule has 0 unspecified atom stereocenters. The Bertz CT molecular complexity index is 1110. The van der Waals surface area contributed by atoms with Gasteiger partial charge in [0.25, 0.3) is 0 Å². The molecule has 166 valence electrons. The van der Waals surface area contributed by atoms with Crippen molar-refractivity contribution in [3.63, 3.8) is 0 Å². The summed E-state index contributed by atoms with van der Waals surface area (Å²) in [7, 11) is 0. The number of amides is 3. The summed E-state index contributed by atoms with van der Waals surface area (Å²) in [6.45, 7) is 0.560. The van der Waals surface area contributed by atoms with Crippen LogP contribution >= 0.6 is 0 Å². The lowest BCUT2D eigenvalue weighted by atomic mass is 10.0. The Hall–Kier alpha value is -3.81. The van der Waals surface area contributed by atoms with Gasteiger partial charge in [-0.2, -0.15) is 0 Å². The van der Waals surface area contributed by atoms with Crippen molar-refractivity contribution in [2.45, 2.75) is 38.0 Å². The topological polar surface area (TPSA) is 118 Å². The van der Waals surface area contributed by atoms with Crippen molar-refractivity contribution in [2.24, 2.45) is 5.73 Å². The number of nitrogens with one attached hydrogen (secondary N) is 2. The molecule has 4 N–H and O–H groups in total. The number of hydrogen-bond acceptors (Lipinski definition) is 4. The van der Waals surface area contributed by atoms with Gasteiger partial charge in [-0.05, 0) is 30.0 Å². The van der Waals surface area contributed by atoms with Crippen LogP contribution in [0.25, 0.3) is 10.9 Å². The first-order valence-electron chi connectivity index (χ1n) is 10.6. The smallest absolute Gasteiger partial charge is 0.410 e. The fourth-order valence-corrected chi connectivity index (χ4v) is 4.07. The molecule has 8 nitrogen and oxygen atoms in total. The number of rotatable bonds is 7. The number of carbonyl (C=O) groups is 3. The lowest BCUT2D eigenvalue weighted by Crippen LogP contribution is -2.53. The number of para-hydroxylation sites is 1. The number of benzene rings is 2. The molecule has 1 aliphatic rings. The van der Waals surface area contributed by atoms with Crippen LogP contribution in [0.15, 0.2) is 60.8 Å². The van der Waals surface area contributed by atoms with Crippen LogP contribution in [0.1, 0.15) is 24.0 Å². The number of likely N-dealkylation sites (tertiary alicyclic amines) is 1. The molecule has 0 bridgehead atoms. The number of ether oxygens (including phenoxy) is 1. The van der Waals surface area contributed by atoms with E-state index in [1.54, 1.807) is 0 Å². The number of nitrogens with zero attached hydrogens (tertiary/aromatic N) is 1. The molecule has 1 fully saturated rings. The quantitative estimate of drug-likeness (QED) is 0.529. The molecule has 4 rings (SSSR count).